The quantitative estimate of drug-likeness (QED) is 0.815. The molecule has 7 heteroatoms. The summed E-state index contributed by atoms with van der Waals surface area (Å²) in [5, 5.41) is 0. The van der Waals surface area contributed by atoms with Gasteiger partial charge in [-0.3, -0.25) is 4.72 Å². The average Bonchev–Trinajstić information content (AvgIpc) is 2.47. The Morgan fingerprint density at radius 3 is 2.08 bits per heavy atom. The van der Waals surface area contributed by atoms with Gasteiger partial charge < -0.3 is 0 Å². The molecule has 0 saturated carbocycles. The minimum absolute atomic E-state index is 0.120. The van der Waals surface area contributed by atoms with Crippen LogP contribution in [0, 0.1) is 6.92 Å². The zero-order valence-electron chi connectivity index (χ0n) is 14.4. The lowest BCUT2D eigenvalue weighted by Crippen LogP contribution is -2.19. The number of hydrogen-bond acceptors (Lipinski definition) is 2. The van der Waals surface area contributed by atoms with Crippen molar-refractivity contribution in [3.63, 3.8) is 0 Å². The Balaban J connectivity index is 2.45. The molecule has 0 saturated heterocycles. The third-order valence-electron chi connectivity index (χ3n) is 3.82. The zero-order chi connectivity index (χ0) is 19.0. The van der Waals surface area contributed by atoms with Gasteiger partial charge >= 0.3 is 6.18 Å². The van der Waals surface area contributed by atoms with Crippen LogP contribution in [0.1, 0.15) is 37.5 Å². The molecule has 2 aromatic carbocycles. The van der Waals surface area contributed by atoms with Gasteiger partial charge in [-0.25, -0.2) is 8.42 Å². The molecule has 0 aliphatic heterocycles. The predicted molar refractivity (Wildman–Crippen MR) is 92.1 cm³/mol. The molecule has 0 amide bonds. The van der Waals surface area contributed by atoms with Crippen molar-refractivity contribution in [3.05, 3.63) is 59.2 Å². The molecule has 0 aliphatic rings. The summed E-state index contributed by atoms with van der Waals surface area (Å²) in [5.74, 6) is 0. The van der Waals surface area contributed by atoms with Crippen molar-refractivity contribution in [2.75, 3.05) is 4.72 Å². The molecule has 0 heterocycles. The SMILES string of the molecule is Cc1cc(C(C)(C)C)ccc1NS(=O)(=O)c1ccccc1C(F)(F)F. The normalized spacial score (nSPS) is 12.9. The van der Waals surface area contributed by atoms with Gasteiger partial charge in [0, 0.05) is 0 Å². The van der Waals surface area contributed by atoms with Crippen molar-refractivity contribution in [1.29, 1.82) is 0 Å². The fourth-order valence-corrected chi connectivity index (χ4v) is 3.74. The number of halogens is 3. The van der Waals surface area contributed by atoms with E-state index in [0.717, 1.165) is 23.8 Å². The number of benzene rings is 2. The minimum Gasteiger partial charge on any atom is -0.279 e. The van der Waals surface area contributed by atoms with Gasteiger partial charge in [0.1, 0.15) is 0 Å². The number of rotatable bonds is 3. The molecular formula is C18H20F3NO2S. The van der Waals surface area contributed by atoms with Crippen molar-refractivity contribution in [1.82, 2.24) is 0 Å². The Bertz CT molecular complexity index is 882. The Labute approximate surface area is 145 Å². The number of alkyl halides is 3. The first-order chi connectivity index (χ1) is 11.3. The molecule has 0 fully saturated rings. The largest absolute Gasteiger partial charge is 0.417 e. The summed E-state index contributed by atoms with van der Waals surface area (Å²) in [6.45, 7) is 7.77. The van der Waals surface area contributed by atoms with Crippen molar-refractivity contribution in [2.24, 2.45) is 0 Å². The third kappa shape index (κ3) is 4.34. The van der Waals surface area contributed by atoms with Crippen molar-refractivity contribution in [2.45, 2.75) is 44.2 Å². The molecule has 0 spiro atoms. The van der Waals surface area contributed by atoms with E-state index >= 15 is 0 Å². The minimum atomic E-state index is -4.75. The lowest BCUT2D eigenvalue weighted by atomic mass is 9.86. The van der Waals surface area contributed by atoms with Crippen LogP contribution < -0.4 is 4.72 Å². The smallest absolute Gasteiger partial charge is 0.279 e. The first-order valence-corrected chi connectivity index (χ1v) is 9.11. The molecule has 0 radical (unpaired) electrons. The molecule has 1 N–H and O–H groups in total. The maximum atomic E-state index is 13.1. The summed E-state index contributed by atoms with van der Waals surface area (Å²) in [4.78, 5) is -0.790. The van der Waals surface area contributed by atoms with Crippen LogP contribution in [0.3, 0.4) is 0 Å². The zero-order valence-corrected chi connectivity index (χ0v) is 15.2. The number of sulfonamides is 1. The molecule has 3 nitrogen and oxygen atoms in total. The van der Waals surface area contributed by atoms with E-state index in [1.54, 1.807) is 19.1 Å². The van der Waals surface area contributed by atoms with Crippen LogP contribution in [0.2, 0.25) is 0 Å². The Morgan fingerprint density at radius 1 is 0.960 bits per heavy atom. The summed E-state index contributed by atoms with van der Waals surface area (Å²) in [5.41, 5.74) is 0.589. The Hall–Kier alpha value is -2.02. The van der Waals surface area contributed by atoms with E-state index in [1.165, 1.54) is 6.07 Å². The second-order valence-corrected chi connectivity index (χ2v) is 8.53. The molecule has 2 rings (SSSR count). The monoisotopic (exact) mass is 371 g/mol. The first kappa shape index (κ1) is 19.3. The van der Waals surface area contributed by atoms with E-state index in [2.05, 4.69) is 4.72 Å². The van der Waals surface area contributed by atoms with Crippen LogP contribution >= 0.6 is 0 Å². The fourth-order valence-electron chi connectivity index (χ4n) is 2.38. The van der Waals surface area contributed by atoms with Gasteiger partial charge in [-0.05, 0) is 41.7 Å². The molecule has 0 bridgehead atoms. The van der Waals surface area contributed by atoms with Crippen LogP contribution in [0.5, 0.6) is 0 Å². The number of nitrogens with one attached hydrogen (secondary N) is 1. The summed E-state index contributed by atoms with van der Waals surface area (Å²) >= 11 is 0. The van der Waals surface area contributed by atoms with E-state index in [0.29, 0.717) is 5.56 Å². The molecule has 0 aliphatic carbocycles. The lowest BCUT2D eigenvalue weighted by Gasteiger charge is -2.21. The highest BCUT2D eigenvalue weighted by molar-refractivity contribution is 7.92. The van der Waals surface area contributed by atoms with Crippen molar-refractivity contribution in [3.8, 4) is 0 Å². The highest BCUT2D eigenvalue weighted by Crippen LogP contribution is 2.35. The van der Waals surface area contributed by atoms with Gasteiger partial charge in [-0.2, -0.15) is 13.2 Å². The van der Waals surface area contributed by atoms with Crippen LogP contribution in [0.25, 0.3) is 0 Å². The molecule has 0 unspecified atom stereocenters. The van der Waals surface area contributed by atoms with Crippen molar-refractivity contribution < 1.29 is 21.6 Å². The van der Waals surface area contributed by atoms with Gasteiger partial charge in [0.05, 0.1) is 16.1 Å². The van der Waals surface area contributed by atoms with E-state index in [4.69, 9.17) is 0 Å². The predicted octanol–water partition coefficient (Wildman–Crippen LogP) is 5.11. The van der Waals surface area contributed by atoms with E-state index in [9.17, 15) is 21.6 Å². The van der Waals surface area contributed by atoms with Gasteiger partial charge in [0.15, 0.2) is 0 Å². The van der Waals surface area contributed by atoms with Crippen LogP contribution in [-0.2, 0) is 21.6 Å². The molecule has 0 atom stereocenters. The molecule has 25 heavy (non-hydrogen) atoms. The summed E-state index contributed by atoms with van der Waals surface area (Å²) in [7, 11) is -4.37. The van der Waals surface area contributed by atoms with Crippen molar-refractivity contribution >= 4 is 15.7 Å². The topological polar surface area (TPSA) is 46.2 Å². The lowest BCUT2D eigenvalue weighted by molar-refractivity contribution is -0.139. The van der Waals surface area contributed by atoms with Crippen LogP contribution in [0.4, 0.5) is 18.9 Å². The first-order valence-electron chi connectivity index (χ1n) is 7.62. The van der Waals surface area contributed by atoms with Crippen LogP contribution in [-0.4, -0.2) is 8.42 Å². The van der Waals surface area contributed by atoms with E-state index < -0.39 is 26.7 Å². The van der Waals surface area contributed by atoms with Gasteiger partial charge in [0.2, 0.25) is 0 Å². The molecular weight excluding hydrogens is 351 g/mol. The maximum Gasteiger partial charge on any atom is 0.417 e. The maximum absolute atomic E-state index is 13.1. The number of hydrogen-bond donors (Lipinski definition) is 1. The molecule has 136 valence electrons. The average molecular weight is 371 g/mol. The number of aryl methyl sites for hydroxylation is 1. The highest BCUT2D eigenvalue weighted by Gasteiger charge is 2.37. The molecule has 2 aromatic rings. The number of anilines is 1. The molecule has 0 aromatic heterocycles. The van der Waals surface area contributed by atoms with Gasteiger partial charge in [-0.1, -0.05) is 45.0 Å². The van der Waals surface area contributed by atoms with Gasteiger partial charge in [0.25, 0.3) is 10.0 Å². The highest BCUT2D eigenvalue weighted by atomic mass is 32.2. The summed E-state index contributed by atoms with van der Waals surface area (Å²) < 4.78 is 66.5. The van der Waals surface area contributed by atoms with E-state index in [-0.39, 0.29) is 11.1 Å². The third-order valence-corrected chi connectivity index (χ3v) is 5.24. The van der Waals surface area contributed by atoms with E-state index in [1.807, 2.05) is 26.8 Å². The standard InChI is InChI=1S/C18H20F3NO2S/c1-12-11-13(17(2,3)4)9-10-15(12)22-25(23,24)16-8-6-5-7-14(16)18(19,20)21/h5-11,22H,1-4H3. The Kier molecular flexibility index (Phi) is 4.92. The second kappa shape index (κ2) is 6.37. The van der Waals surface area contributed by atoms with Crippen LogP contribution in [0.15, 0.2) is 47.4 Å². The summed E-state index contributed by atoms with van der Waals surface area (Å²) in [6, 6.07) is 9.29. The fraction of sp³-hybridized carbons (Fsp3) is 0.333. The Morgan fingerprint density at radius 2 is 1.56 bits per heavy atom. The summed E-state index contributed by atoms with van der Waals surface area (Å²) in [6.07, 6.45) is -4.75. The van der Waals surface area contributed by atoms with Gasteiger partial charge in [-0.15, -0.1) is 0 Å². The second-order valence-electron chi connectivity index (χ2n) is 6.88.